The van der Waals surface area contributed by atoms with Crippen molar-refractivity contribution in [2.75, 3.05) is 0 Å². The van der Waals surface area contributed by atoms with Crippen molar-refractivity contribution >= 4 is 74.9 Å². The van der Waals surface area contributed by atoms with Crippen LogP contribution in [0.1, 0.15) is 0 Å². The van der Waals surface area contributed by atoms with Gasteiger partial charge >= 0.3 is 0 Å². The van der Waals surface area contributed by atoms with Crippen LogP contribution in [0.15, 0.2) is 158 Å². The number of nitrogens with zero attached hydrogens (tertiary/aromatic N) is 2. The summed E-state index contributed by atoms with van der Waals surface area (Å²) in [6, 6.07) is 56.7. The Morgan fingerprint density at radius 1 is 0.340 bits per heavy atom. The van der Waals surface area contributed by atoms with E-state index in [0.29, 0.717) is 0 Å². The fourth-order valence-corrected chi connectivity index (χ4v) is 8.17. The first-order valence-electron chi connectivity index (χ1n) is 15.9. The summed E-state index contributed by atoms with van der Waals surface area (Å²) >= 11 is 1.84. The number of rotatable bonds is 3. The first kappa shape index (κ1) is 26.3. The lowest BCUT2D eigenvalue weighted by atomic mass is 9.93. The van der Waals surface area contributed by atoms with E-state index in [-0.39, 0.29) is 0 Å². The molecule has 47 heavy (non-hydrogen) atoms. The van der Waals surface area contributed by atoms with Crippen molar-refractivity contribution in [3.63, 3.8) is 0 Å². The highest BCUT2D eigenvalue weighted by molar-refractivity contribution is 7.25. The number of hydrogen-bond donors (Lipinski definition) is 0. The van der Waals surface area contributed by atoms with Gasteiger partial charge < -0.3 is 0 Å². The van der Waals surface area contributed by atoms with E-state index in [2.05, 4.69) is 158 Å². The van der Waals surface area contributed by atoms with Gasteiger partial charge in [-0.1, -0.05) is 121 Å². The molecule has 2 nitrogen and oxygen atoms in total. The van der Waals surface area contributed by atoms with Crippen molar-refractivity contribution in [2.24, 2.45) is 0 Å². The quantitative estimate of drug-likeness (QED) is 0.185. The molecule has 0 radical (unpaired) electrons. The van der Waals surface area contributed by atoms with Crippen molar-refractivity contribution in [1.82, 2.24) is 9.97 Å². The smallest absolute Gasteiger partial charge is 0.0972 e. The molecular formula is C44H26N2S. The third-order valence-corrected chi connectivity index (χ3v) is 10.6. The number of hydrogen-bond acceptors (Lipinski definition) is 3. The second-order valence-electron chi connectivity index (χ2n) is 12.2. The standard InChI is InChI=1S/C44H26N2S/c1-2-8-33-31(7-1)25-37(35-10-4-3-9-34(33)35)27-13-15-28(16-14-27)39-22-19-29-17-18-30-20-23-40(46-44(30)43(29)45-39)32-21-24-42-38(26-32)36-11-5-6-12-41(36)47-42/h1-26H. The summed E-state index contributed by atoms with van der Waals surface area (Å²) < 4.78 is 2.61. The van der Waals surface area contributed by atoms with Gasteiger partial charge in [-0.05, 0) is 69.1 Å². The number of pyridine rings is 2. The first-order valence-corrected chi connectivity index (χ1v) is 16.7. The number of thiophene rings is 1. The van der Waals surface area contributed by atoms with Crippen LogP contribution in [-0.4, -0.2) is 9.97 Å². The van der Waals surface area contributed by atoms with Gasteiger partial charge in [0.1, 0.15) is 0 Å². The molecule has 0 amide bonds. The SMILES string of the molecule is c1ccc2c(c1)cc(-c1ccc(-c3ccc4ccc5ccc(-c6ccc7sc8ccccc8c7c6)nc5c4n3)cc1)c1ccccc12. The van der Waals surface area contributed by atoms with Gasteiger partial charge in [0.2, 0.25) is 0 Å². The molecule has 0 atom stereocenters. The van der Waals surface area contributed by atoms with E-state index in [1.54, 1.807) is 0 Å². The summed E-state index contributed by atoms with van der Waals surface area (Å²) in [5.41, 5.74) is 8.40. The van der Waals surface area contributed by atoms with Gasteiger partial charge in [0, 0.05) is 42.1 Å². The molecule has 0 N–H and O–H groups in total. The number of benzene rings is 7. The minimum absolute atomic E-state index is 0.925. The summed E-state index contributed by atoms with van der Waals surface area (Å²) in [7, 11) is 0. The molecule has 0 aliphatic carbocycles. The normalized spacial score (nSPS) is 11.8. The molecule has 10 aromatic rings. The van der Waals surface area contributed by atoms with Crippen LogP contribution in [-0.2, 0) is 0 Å². The largest absolute Gasteiger partial charge is 0.245 e. The van der Waals surface area contributed by atoms with Crippen LogP contribution in [0.3, 0.4) is 0 Å². The van der Waals surface area contributed by atoms with E-state index in [9.17, 15) is 0 Å². The second-order valence-corrected chi connectivity index (χ2v) is 13.3. The Morgan fingerprint density at radius 3 is 1.66 bits per heavy atom. The second kappa shape index (κ2) is 10.3. The van der Waals surface area contributed by atoms with E-state index in [4.69, 9.17) is 9.97 Å². The molecule has 10 rings (SSSR count). The Hall–Kier alpha value is -5.90. The van der Waals surface area contributed by atoms with E-state index >= 15 is 0 Å². The molecule has 0 aliphatic rings. The van der Waals surface area contributed by atoms with Gasteiger partial charge in [0.05, 0.1) is 22.4 Å². The zero-order chi connectivity index (χ0) is 30.9. The highest BCUT2D eigenvalue weighted by Gasteiger charge is 2.12. The lowest BCUT2D eigenvalue weighted by molar-refractivity contribution is 1.37. The van der Waals surface area contributed by atoms with Gasteiger partial charge in [-0.15, -0.1) is 11.3 Å². The van der Waals surface area contributed by atoms with Crippen LogP contribution in [0.25, 0.3) is 97.2 Å². The van der Waals surface area contributed by atoms with Gasteiger partial charge in [-0.25, -0.2) is 9.97 Å². The molecule has 0 bridgehead atoms. The molecule has 0 saturated carbocycles. The monoisotopic (exact) mass is 614 g/mol. The maximum absolute atomic E-state index is 5.23. The Labute approximate surface area is 275 Å². The van der Waals surface area contributed by atoms with Crippen molar-refractivity contribution in [3.8, 4) is 33.6 Å². The van der Waals surface area contributed by atoms with E-state index in [1.165, 1.54) is 52.8 Å². The van der Waals surface area contributed by atoms with Gasteiger partial charge in [-0.2, -0.15) is 0 Å². The summed E-state index contributed by atoms with van der Waals surface area (Å²) in [4.78, 5) is 10.5. The van der Waals surface area contributed by atoms with Gasteiger partial charge in [-0.3, -0.25) is 0 Å². The van der Waals surface area contributed by atoms with Crippen LogP contribution < -0.4 is 0 Å². The van der Waals surface area contributed by atoms with Crippen molar-refractivity contribution in [1.29, 1.82) is 0 Å². The molecule has 0 aliphatic heterocycles. The summed E-state index contributed by atoms with van der Waals surface area (Å²) in [6.45, 7) is 0. The van der Waals surface area contributed by atoms with Crippen LogP contribution in [0, 0.1) is 0 Å². The fourth-order valence-electron chi connectivity index (χ4n) is 7.09. The molecule has 3 aromatic heterocycles. The van der Waals surface area contributed by atoms with Crippen molar-refractivity contribution in [3.05, 3.63) is 158 Å². The first-order chi connectivity index (χ1) is 23.3. The van der Waals surface area contributed by atoms with E-state index < -0.39 is 0 Å². The molecule has 0 unspecified atom stereocenters. The third kappa shape index (κ3) is 4.25. The van der Waals surface area contributed by atoms with Crippen LogP contribution >= 0.6 is 11.3 Å². The summed E-state index contributed by atoms with van der Waals surface area (Å²) in [5.74, 6) is 0. The highest BCUT2D eigenvalue weighted by atomic mass is 32.1. The van der Waals surface area contributed by atoms with Crippen LogP contribution in [0.2, 0.25) is 0 Å². The van der Waals surface area contributed by atoms with Crippen LogP contribution in [0.4, 0.5) is 0 Å². The predicted molar refractivity (Wildman–Crippen MR) is 201 cm³/mol. The molecule has 3 heteroatoms. The fraction of sp³-hybridized carbons (Fsp3) is 0. The molecule has 0 saturated heterocycles. The molecule has 3 heterocycles. The Morgan fingerprint density at radius 2 is 0.894 bits per heavy atom. The van der Waals surface area contributed by atoms with E-state index in [0.717, 1.165) is 44.3 Å². The third-order valence-electron chi connectivity index (χ3n) is 9.45. The van der Waals surface area contributed by atoms with Gasteiger partial charge in [0.15, 0.2) is 0 Å². The minimum atomic E-state index is 0.925. The van der Waals surface area contributed by atoms with E-state index in [1.807, 2.05) is 11.3 Å². The average Bonchev–Trinajstić information content (AvgIpc) is 3.52. The van der Waals surface area contributed by atoms with Gasteiger partial charge in [0.25, 0.3) is 0 Å². The topological polar surface area (TPSA) is 25.8 Å². The number of aromatic nitrogens is 2. The summed E-state index contributed by atoms with van der Waals surface area (Å²) in [6.07, 6.45) is 0. The Balaban J connectivity index is 1.07. The Bertz CT molecular complexity index is 2850. The molecular weight excluding hydrogens is 589 g/mol. The molecule has 0 spiro atoms. The van der Waals surface area contributed by atoms with Crippen molar-refractivity contribution < 1.29 is 0 Å². The van der Waals surface area contributed by atoms with Crippen LogP contribution in [0.5, 0.6) is 0 Å². The zero-order valence-electron chi connectivity index (χ0n) is 25.3. The average molecular weight is 615 g/mol. The maximum Gasteiger partial charge on any atom is 0.0972 e. The number of fused-ring (bicyclic) bond motifs is 9. The summed E-state index contributed by atoms with van der Waals surface area (Å²) in [5, 5.41) is 9.84. The Kier molecular flexibility index (Phi) is 5.78. The lowest BCUT2D eigenvalue weighted by Gasteiger charge is -2.12. The van der Waals surface area contributed by atoms with Crippen molar-refractivity contribution in [2.45, 2.75) is 0 Å². The molecule has 7 aromatic carbocycles. The highest BCUT2D eigenvalue weighted by Crippen LogP contribution is 2.38. The minimum Gasteiger partial charge on any atom is -0.245 e. The predicted octanol–water partition coefficient (Wildman–Crippen LogP) is 12.5. The zero-order valence-corrected chi connectivity index (χ0v) is 26.1. The maximum atomic E-state index is 5.23. The molecule has 218 valence electrons. The lowest BCUT2D eigenvalue weighted by Crippen LogP contribution is -1.91. The molecule has 0 fully saturated rings.